The maximum Gasteiger partial charge on any atom is 0.337 e. The second kappa shape index (κ2) is 5.59. The summed E-state index contributed by atoms with van der Waals surface area (Å²) in [6.45, 7) is 0.696. The van der Waals surface area contributed by atoms with Crippen molar-refractivity contribution in [3.05, 3.63) is 28.8 Å². The molecule has 4 N–H and O–H groups in total. The summed E-state index contributed by atoms with van der Waals surface area (Å²) in [6.07, 6.45) is 3.29. The Labute approximate surface area is 111 Å². The maximum absolute atomic E-state index is 11.1. The highest BCUT2D eigenvalue weighted by Crippen LogP contribution is 2.26. The first kappa shape index (κ1) is 13.2. The standard InChI is InChI=1S/C13H17ClN2O2/c14-9-4-5-10(13(17)18)12(6-9)16-7-8-2-1-3-11(8)15/h4-6,8,11,16H,1-3,7,15H2,(H,17,18)/t8-,11-/m1/s1. The summed E-state index contributed by atoms with van der Waals surface area (Å²) < 4.78 is 0. The third-order valence-corrected chi connectivity index (χ3v) is 3.72. The number of carbonyl (C=O) groups is 1. The van der Waals surface area contributed by atoms with E-state index < -0.39 is 5.97 Å². The van der Waals surface area contributed by atoms with Crippen LogP contribution < -0.4 is 11.1 Å². The molecule has 0 saturated heterocycles. The number of rotatable bonds is 4. The average Bonchev–Trinajstić information content (AvgIpc) is 2.72. The SMILES string of the molecule is N[C@@H]1CCC[C@@H]1CNc1cc(Cl)ccc1C(=O)O. The third-order valence-electron chi connectivity index (χ3n) is 3.48. The smallest absolute Gasteiger partial charge is 0.337 e. The molecule has 1 aliphatic carbocycles. The molecule has 0 amide bonds. The van der Waals surface area contributed by atoms with Crippen molar-refractivity contribution in [2.45, 2.75) is 25.3 Å². The van der Waals surface area contributed by atoms with Gasteiger partial charge in [0.15, 0.2) is 0 Å². The Hall–Kier alpha value is -1.26. The number of anilines is 1. The van der Waals surface area contributed by atoms with E-state index in [1.807, 2.05) is 0 Å². The largest absolute Gasteiger partial charge is 0.478 e. The molecular formula is C13H17ClN2O2. The lowest BCUT2D eigenvalue weighted by atomic mass is 10.0. The molecule has 1 aliphatic rings. The van der Waals surface area contributed by atoms with Crippen LogP contribution in [0.3, 0.4) is 0 Å². The van der Waals surface area contributed by atoms with E-state index in [2.05, 4.69) is 5.32 Å². The minimum atomic E-state index is -0.954. The molecule has 0 spiro atoms. The zero-order valence-electron chi connectivity index (χ0n) is 10.0. The molecule has 98 valence electrons. The monoisotopic (exact) mass is 268 g/mol. The van der Waals surface area contributed by atoms with Crippen LogP contribution in [-0.2, 0) is 0 Å². The van der Waals surface area contributed by atoms with Gasteiger partial charge in [-0.15, -0.1) is 0 Å². The highest BCUT2D eigenvalue weighted by atomic mass is 35.5. The Morgan fingerprint density at radius 2 is 2.28 bits per heavy atom. The number of carboxylic acid groups (broad SMARTS) is 1. The van der Waals surface area contributed by atoms with Gasteiger partial charge in [-0.3, -0.25) is 0 Å². The van der Waals surface area contributed by atoms with E-state index in [4.69, 9.17) is 22.4 Å². The van der Waals surface area contributed by atoms with Gasteiger partial charge in [-0.25, -0.2) is 4.79 Å². The van der Waals surface area contributed by atoms with Crippen molar-refractivity contribution in [3.63, 3.8) is 0 Å². The first-order valence-electron chi connectivity index (χ1n) is 6.10. The molecule has 1 aromatic carbocycles. The van der Waals surface area contributed by atoms with E-state index in [0.717, 1.165) is 19.3 Å². The topological polar surface area (TPSA) is 75.3 Å². The maximum atomic E-state index is 11.1. The van der Waals surface area contributed by atoms with E-state index in [-0.39, 0.29) is 11.6 Å². The Balaban J connectivity index is 2.08. The number of carboxylic acids is 1. The van der Waals surface area contributed by atoms with Crippen LogP contribution in [0.2, 0.25) is 5.02 Å². The second-order valence-electron chi connectivity index (χ2n) is 4.73. The molecule has 0 bridgehead atoms. The molecule has 0 aliphatic heterocycles. The number of benzene rings is 1. The highest BCUT2D eigenvalue weighted by Gasteiger charge is 2.24. The second-order valence-corrected chi connectivity index (χ2v) is 5.17. The number of nitrogens with one attached hydrogen (secondary N) is 1. The fourth-order valence-electron chi connectivity index (χ4n) is 2.41. The molecule has 1 saturated carbocycles. The lowest BCUT2D eigenvalue weighted by molar-refractivity contribution is 0.0698. The molecule has 0 heterocycles. The van der Waals surface area contributed by atoms with E-state index in [0.29, 0.717) is 23.2 Å². The summed E-state index contributed by atoms with van der Waals surface area (Å²) in [5.74, 6) is -0.546. The van der Waals surface area contributed by atoms with E-state index in [1.165, 1.54) is 6.07 Å². The van der Waals surface area contributed by atoms with Gasteiger partial charge in [-0.2, -0.15) is 0 Å². The zero-order chi connectivity index (χ0) is 13.1. The van der Waals surface area contributed by atoms with Crippen LogP contribution >= 0.6 is 11.6 Å². The van der Waals surface area contributed by atoms with Gasteiger partial charge in [-0.1, -0.05) is 18.0 Å². The molecular weight excluding hydrogens is 252 g/mol. The molecule has 2 atom stereocenters. The van der Waals surface area contributed by atoms with Crippen molar-refractivity contribution in [1.29, 1.82) is 0 Å². The predicted molar refractivity (Wildman–Crippen MR) is 72.2 cm³/mol. The quantitative estimate of drug-likeness (QED) is 0.785. The van der Waals surface area contributed by atoms with Crippen LogP contribution in [0.1, 0.15) is 29.6 Å². The molecule has 0 aromatic heterocycles. The van der Waals surface area contributed by atoms with Crippen molar-refractivity contribution in [3.8, 4) is 0 Å². The summed E-state index contributed by atoms with van der Waals surface area (Å²) >= 11 is 5.89. The molecule has 18 heavy (non-hydrogen) atoms. The predicted octanol–water partition coefficient (Wildman–Crippen LogP) is 2.58. The van der Waals surface area contributed by atoms with Crippen molar-refractivity contribution in [2.75, 3.05) is 11.9 Å². The Bertz CT molecular complexity index is 451. The fourth-order valence-corrected chi connectivity index (χ4v) is 2.58. The van der Waals surface area contributed by atoms with Gasteiger partial charge in [0, 0.05) is 17.6 Å². The minimum Gasteiger partial charge on any atom is -0.478 e. The number of nitrogens with two attached hydrogens (primary N) is 1. The van der Waals surface area contributed by atoms with E-state index >= 15 is 0 Å². The van der Waals surface area contributed by atoms with Gasteiger partial charge in [-0.05, 0) is 37.0 Å². The molecule has 0 unspecified atom stereocenters. The summed E-state index contributed by atoms with van der Waals surface area (Å²) in [5, 5.41) is 12.8. The molecule has 5 heteroatoms. The number of hydrogen-bond donors (Lipinski definition) is 3. The van der Waals surface area contributed by atoms with Gasteiger partial charge in [0.05, 0.1) is 11.3 Å². The lowest BCUT2D eigenvalue weighted by Gasteiger charge is -2.17. The minimum absolute atomic E-state index is 0.213. The molecule has 1 fully saturated rings. The van der Waals surface area contributed by atoms with Gasteiger partial charge in [0.25, 0.3) is 0 Å². The van der Waals surface area contributed by atoms with E-state index in [9.17, 15) is 4.79 Å². The van der Waals surface area contributed by atoms with Gasteiger partial charge in [0.2, 0.25) is 0 Å². The van der Waals surface area contributed by atoms with Crippen LogP contribution in [0, 0.1) is 5.92 Å². The van der Waals surface area contributed by atoms with Crippen molar-refractivity contribution < 1.29 is 9.90 Å². The Morgan fingerprint density at radius 3 is 2.89 bits per heavy atom. The van der Waals surface area contributed by atoms with Crippen molar-refractivity contribution >= 4 is 23.3 Å². The highest BCUT2D eigenvalue weighted by molar-refractivity contribution is 6.31. The fraction of sp³-hybridized carbons (Fsp3) is 0.462. The van der Waals surface area contributed by atoms with Gasteiger partial charge >= 0.3 is 5.97 Å². The number of halogens is 1. The van der Waals surface area contributed by atoms with Crippen molar-refractivity contribution in [1.82, 2.24) is 0 Å². The number of aromatic carboxylic acids is 1. The van der Waals surface area contributed by atoms with Crippen LogP contribution in [0.25, 0.3) is 0 Å². The molecule has 0 radical (unpaired) electrons. The number of hydrogen-bond acceptors (Lipinski definition) is 3. The van der Waals surface area contributed by atoms with Crippen LogP contribution in [0.5, 0.6) is 0 Å². The molecule has 1 aromatic rings. The summed E-state index contributed by atoms with van der Waals surface area (Å²) in [6, 6.07) is 4.95. The Kier molecular flexibility index (Phi) is 4.09. The molecule has 2 rings (SSSR count). The summed E-state index contributed by atoms with van der Waals surface area (Å²) in [4.78, 5) is 11.1. The third kappa shape index (κ3) is 2.94. The van der Waals surface area contributed by atoms with Crippen LogP contribution in [0.4, 0.5) is 5.69 Å². The summed E-state index contributed by atoms with van der Waals surface area (Å²) in [5.41, 5.74) is 6.79. The average molecular weight is 269 g/mol. The first-order valence-corrected chi connectivity index (χ1v) is 6.48. The van der Waals surface area contributed by atoms with Gasteiger partial charge in [0.1, 0.15) is 0 Å². The van der Waals surface area contributed by atoms with Gasteiger partial charge < -0.3 is 16.2 Å². The zero-order valence-corrected chi connectivity index (χ0v) is 10.8. The van der Waals surface area contributed by atoms with Crippen LogP contribution in [-0.4, -0.2) is 23.7 Å². The van der Waals surface area contributed by atoms with Crippen LogP contribution in [0.15, 0.2) is 18.2 Å². The van der Waals surface area contributed by atoms with Crippen molar-refractivity contribution in [2.24, 2.45) is 11.7 Å². The van der Waals surface area contributed by atoms with E-state index in [1.54, 1.807) is 12.1 Å². The summed E-state index contributed by atoms with van der Waals surface area (Å²) in [7, 11) is 0. The lowest BCUT2D eigenvalue weighted by Crippen LogP contribution is -2.29. The first-order chi connectivity index (χ1) is 8.58. The Morgan fingerprint density at radius 1 is 1.50 bits per heavy atom. The molecule has 4 nitrogen and oxygen atoms in total. The normalized spacial score (nSPS) is 23.0.